The number of methoxy groups -OCH3 is 1. The Balaban J connectivity index is 1.36. The third-order valence-electron chi connectivity index (χ3n) is 8.55. The van der Waals surface area contributed by atoms with E-state index in [1.165, 1.54) is 14.0 Å². The maximum absolute atomic E-state index is 12.7. The fourth-order valence-corrected chi connectivity index (χ4v) is 5.89. The number of ether oxygens (including phenoxy) is 4. The Labute approximate surface area is 325 Å². The van der Waals surface area contributed by atoms with Gasteiger partial charge in [0.05, 0.1) is 31.3 Å². The highest BCUT2D eigenvalue weighted by Gasteiger charge is 2.39. The molecule has 0 bridgehead atoms. The Morgan fingerprint density at radius 2 is 1.82 bits per heavy atom. The minimum atomic E-state index is -0.929. The fraction of sp³-hybridized carbons (Fsp3) is 0.462. The van der Waals surface area contributed by atoms with Crippen LogP contribution in [0.1, 0.15) is 57.4 Å². The first-order valence-corrected chi connectivity index (χ1v) is 18.3. The molecule has 0 aliphatic heterocycles. The van der Waals surface area contributed by atoms with Crippen molar-refractivity contribution in [3.63, 3.8) is 0 Å². The molecule has 1 aliphatic rings. The summed E-state index contributed by atoms with van der Waals surface area (Å²) in [5, 5.41) is 51.1. The number of aliphatic hydroxyl groups excluding tert-OH is 3. The number of esters is 2. The van der Waals surface area contributed by atoms with Crippen molar-refractivity contribution in [1.82, 2.24) is 10.7 Å². The Kier molecular flexibility index (Phi) is 19.9. The van der Waals surface area contributed by atoms with Gasteiger partial charge in [-0.1, -0.05) is 54.1 Å². The van der Waals surface area contributed by atoms with Crippen LogP contribution in [0.5, 0.6) is 17.2 Å². The number of nitrogens with one attached hydrogen (secondary N) is 1. The molecule has 1 unspecified atom stereocenters. The second-order valence-electron chi connectivity index (χ2n) is 12.8. The molecule has 16 heteroatoms. The quantitative estimate of drug-likeness (QED) is 0.0299. The smallest absolute Gasteiger partial charge is 0.333 e. The second-order valence-corrected chi connectivity index (χ2v) is 13.3. The van der Waals surface area contributed by atoms with Crippen molar-refractivity contribution in [2.24, 2.45) is 11.8 Å². The van der Waals surface area contributed by atoms with Gasteiger partial charge >= 0.3 is 11.9 Å². The molecule has 55 heavy (non-hydrogen) atoms. The molecule has 302 valence electrons. The molecule has 1 amide bonds. The molecule has 1 fully saturated rings. The standard InChI is InChI=1S/C39H51ClN2O13/c1-26(39(48)55-35-19-16-27(22-36(35)51-2)10-8-20-52-38(47)15-9-21-54-42(49)50)41-37(46)14-6-4-3-5-13-31-32(34(45)24-33(31)44)18-17-29(43)25-53-30-12-7-11-28(40)23-30/h3,5,7-8,10-12,16-19,22-23,26,29,31-34,43-45,49-50H,4,6,9,13-15,20-21,24-25H2,1-2H3,(H,41,46)/b5-3-,10-8+,18-17+/t26?,29-,31-,32-,33+,34-/m1/s1. The van der Waals surface area contributed by atoms with Crippen LogP contribution in [0.2, 0.25) is 5.02 Å². The zero-order valence-corrected chi connectivity index (χ0v) is 31.6. The summed E-state index contributed by atoms with van der Waals surface area (Å²) >= 11 is 5.96. The van der Waals surface area contributed by atoms with Crippen molar-refractivity contribution in [3.05, 3.63) is 83.4 Å². The van der Waals surface area contributed by atoms with E-state index in [9.17, 15) is 29.7 Å². The molecular formula is C39H51ClN2O13. The first-order chi connectivity index (χ1) is 26.4. The van der Waals surface area contributed by atoms with Gasteiger partial charge < -0.3 is 39.6 Å². The average molecular weight is 791 g/mol. The van der Waals surface area contributed by atoms with E-state index in [-0.39, 0.29) is 74.7 Å². The molecule has 3 rings (SSSR count). The predicted octanol–water partition coefficient (Wildman–Crippen LogP) is 4.58. The maximum Gasteiger partial charge on any atom is 0.333 e. The van der Waals surface area contributed by atoms with Crippen LogP contribution in [0, 0.1) is 11.8 Å². The number of hydrogen-bond donors (Lipinski definition) is 6. The van der Waals surface area contributed by atoms with Crippen molar-refractivity contribution in [2.75, 3.05) is 26.9 Å². The molecule has 0 radical (unpaired) electrons. The molecule has 15 nitrogen and oxygen atoms in total. The van der Waals surface area contributed by atoms with Gasteiger partial charge in [-0.05, 0) is 80.5 Å². The summed E-state index contributed by atoms with van der Waals surface area (Å²) in [7, 11) is 1.42. The number of carbonyl (C=O) groups excluding carboxylic acids is 3. The van der Waals surface area contributed by atoms with Gasteiger partial charge in [0.1, 0.15) is 31.1 Å². The number of aliphatic hydroxyl groups is 3. The summed E-state index contributed by atoms with van der Waals surface area (Å²) in [6.07, 6.45) is 10.3. The summed E-state index contributed by atoms with van der Waals surface area (Å²) in [5.41, 5.74) is 0.684. The van der Waals surface area contributed by atoms with Crippen molar-refractivity contribution < 1.29 is 63.9 Å². The van der Waals surface area contributed by atoms with E-state index in [2.05, 4.69) is 10.2 Å². The monoisotopic (exact) mass is 790 g/mol. The van der Waals surface area contributed by atoms with Gasteiger partial charge in [-0.15, -0.1) is 0 Å². The Bertz CT molecular complexity index is 1600. The molecule has 2 aromatic carbocycles. The van der Waals surface area contributed by atoms with Crippen molar-refractivity contribution >= 4 is 35.5 Å². The van der Waals surface area contributed by atoms with Gasteiger partial charge in [0, 0.05) is 30.2 Å². The first kappa shape index (κ1) is 45.1. The molecule has 1 aliphatic carbocycles. The molecule has 2 aromatic rings. The molecule has 6 N–H and O–H groups in total. The number of halogens is 1. The van der Waals surface area contributed by atoms with E-state index in [1.807, 2.05) is 12.2 Å². The van der Waals surface area contributed by atoms with Gasteiger partial charge in [0.2, 0.25) is 5.91 Å². The Morgan fingerprint density at radius 1 is 1.02 bits per heavy atom. The summed E-state index contributed by atoms with van der Waals surface area (Å²) in [6.45, 7) is 1.46. The van der Waals surface area contributed by atoms with Crippen molar-refractivity contribution in [2.45, 2.75) is 76.2 Å². The normalized spacial score (nSPS) is 19.6. The van der Waals surface area contributed by atoms with Crippen molar-refractivity contribution in [1.29, 1.82) is 0 Å². The minimum Gasteiger partial charge on any atom is -0.493 e. The fourth-order valence-electron chi connectivity index (χ4n) is 5.71. The van der Waals surface area contributed by atoms with Crippen LogP contribution in [0.3, 0.4) is 0 Å². The third kappa shape index (κ3) is 16.9. The highest BCUT2D eigenvalue weighted by atomic mass is 35.5. The lowest BCUT2D eigenvalue weighted by Crippen LogP contribution is -2.40. The zero-order chi connectivity index (χ0) is 40.2. The van der Waals surface area contributed by atoms with Crippen LogP contribution in [0.25, 0.3) is 6.08 Å². The highest BCUT2D eigenvalue weighted by molar-refractivity contribution is 6.30. The van der Waals surface area contributed by atoms with Crippen LogP contribution in [-0.4, -0.2) is 100 Å². The number of allylic oxidation sites excluding steroid dienone is 2. The number of unbranched alkanes of at least 4 members (excludes halogenated alkanes) is 1. The average Bonchev–Trinajstić information content (AvgIpc) is 3.42. The summed E-state index contributed by atoms with van der Waals surface area (Å²) in [4.78, 5) is 41.4. The minimum absolute atomic E-state index is 0.00319. The number of nitrogens with zero attached hydrogens (tertiary/aromatic N) is 1. The van der Waals surface area contributed by atoms with Crippen LogP contribution >= 0.6 is 11.6 Å². The molecule has 0 saturated heterocycles. The van der Waals surface area contributed by atoms with Crippen LogP contribution in [0.15, 0.2) is 72.8 Å². The Hall–Kier alpha value is -4.32. The van der Waals surface area contributed by atoms with Gasteiger partial charge in [-0.3, -0.25) is 24.8 Å². The number of carbonyl (C=O) groups is 3. The Morgan fingerprint density at radius 3 is 2.56 bits per heavy atom. The van der Waals surface area contributed by atoms with E-state index in [4.69, 9.17) is 41.0 Å². The van der Waals surface area contributed by atoms with E-state index >= 15 is 0 Å². The summed E-state index contributed by atoms with van der Waals surface area (Å²) in [5.74, 6) is -1.11. The highest BCUT2D eigenvalue weighted by Crippen LogP contribution is 2.36. The molecule has 0 heterocycles. The lowest BCUT2D eigenvalue weighted by Gasteiger charge is -2.19. The number of benzene rings is 2. The lowest BCUT2D eigenvalue weighted by atomic mass is 9.89. The molecular weight excluding hydrogens is 740 g/mol. The van der Waals surface area contributed by atoms with Crippen molar-refractivity contribution in [3.8, 4) is 17.2 Å². The van der Waals surface area contributed by atoms with Gasteiger partial charge in [0.25, 0.3) is 0 Å². The van der Waals surface area contributed by atoms with Gasteiger partial charge in [0.15, 0.2) is 11.5 Å². The largest absolute Gasteiger partial charge is 0.493 e. The summed E-state index contributed by atoms with van der Waals surface area (Å²) < 4.78 is 21.5. The number of amides is 1. The topological polar surface area (TPSA) is 214 Å². The third-order valence-corrected chi connectivity index (χ3v) is 8.78. The molecule has 6 atom stereocenters. The van der Waals surface area contributed by atoms with E-state index in [1.54, 1.807) is 66.8 Å². The summed E-state index contributed by atoms with van der Waals surface area (Å²) in [6, 6.07) is 10.8. The van der Waals surface area contributed by atoms with Crippen LogP contribution < -0.4 is 19.5 Å². The molecule has 0 spiro atoms. The number of hydrogen-bond acceptors (Lipinski definition) is 14. The molecule has 0 aromatic heterocycles. The lowest BCUT2D eigenvalue weighted by molar-refractivity contribution is -0.492. The molecule has 1 saturated carbocycles. The first-order valence-electron chi connectivity index (χ1n) is 17.9. The maximum atomic E-state index is 12.7. The van der Waals surface area contributed by atoms with Gasteiger partial charge in [-0.25, -0.2) is 4.79 Å². The van der Waals surface area contributed by atoms with E-state index < -0.39 is 41.7 Å². The number of rotatable bonds is 23. The van der Waals surface area contributed by atoms with E-state index in [0.29, 0.717) is 35.6 Å². The zero-order valence-electron chi connectivity index (χ0n) is 30.9. The second kappa shape index (κ2) is 24.2. The van der Waals surface area contributed by atoms with Gasteiger partial charge in [-0.2, -0.15) is 0 Å². The van der Waals surface area contributed by atoms with Crippen LogP contribution in [-0.2, 0) is 24.0 Å². The van der Waals surface area contributed by atoms with E-state index in [0.717, 1.165) is 0 Å². The van der Waals surface area contributed by atoms with Crippen LogP contribution in [0.4, 0.5) is 0 Å². The SMILES string of the molecule is COc1cc(/C=C/COC(=O)CCCON(O)O)ccc1OC(=O)C(C)NC(=O)CCC/C=C\C[C@@H]1[C@@H](/C=C/[C@@H](O)COc2cccc(Cl)c2)[C@H](O)C[C@@H]1O. The predicted molar refractivity (Wildman–Crippen MR) is 200 cm³/mol.